The van der Waals surface area contributed by atoms with Gasteiger partial charge in [-0.15, -0.1) is 0 Å². The van der Waals surface area contributed by atoms with Crippen LogP contribution in [0.4, 0.5) is 9.18 Å². The van der Waals surface area contributed by atoms with Crippen LogP contribution in [0.15, 0.2) is 48.5 Å². The third-order valence-electron chi connectivity index (χ3n) is 6.60. The van der Waals surface area contributed by atoms with E-state index in [2.05, 4.69) is 10.2 Å². The Kier molecular flexibility index (Phi) is 7.47. The highest BCUT2D eigenvalue weighted by Crippen LogP contribution is 2.24. The minimum atomic E-state index is -0.962. The average molecular weight is 513 g/mol. The summed E-state index contributed by atoms with van der Waals surface area (Å²) in [6.45, 7) is 8.10. The lowest BCUT2D eigenvalue weighted by Gasteiger charge is -2.39. The molecule has 0 radical (unpaired) electrons. The van der Waals surface area contributed by atoms with E-state index in [0.717, 1.165) is 17.0 Å². The van der Waals surface area contributed by atoms with Crippen molar-refractivity contribution < 1.29 is 18.8 Å². The lowest BCUT2D eigenvalue weighted by atomic mass is 10.0. The number of amides is 4. The second-order valence-electron chi connectivity index (χ2n) is 9.87. The van der Waals surface area contributed by atoms with E-state index in [9.17, 15) is 18.8 Å². The summed E-state index contributed by atoms with van der Waals surface area (Å²) >= 11 is 6.19. The van der Waals surface area contributed by atoms with Gasteiger partial charge in [0.1, 0.15) is 11.4 Å². The molecule has 0 aliphatic carbocycles. The normalized spacial score (nSPS) is 20.3. The van der Waals surface area contributed by atoms with Crippen molar-refractivity contribution in [3.63, 3.8) is 0 Å². The molecule has 4 amide bonds. The first-order valence-electron chi connectivity index (χ1n) is 11.9. The highest BCUT2D eigenvalue weighted by Gasteiger charge is 2.44. The minimum absolute atomic E-state index is 0.00850. The maximum Gasteiger partial charge on any atom is 0.325 e. The van der Waals surface area contributed by atoms with Crippen LogP contribution in [0, 0.1) is 5.82 Å². The van der Waals surface area contributed by atoms with Gasteiger partial charge in [-0.2, -0.15) is 0 Å². The molecule has 1 N–H and O–H groups in total. The first-order valence-corrected chi connectivity index (χ1v) is 12.3. The molecule has 2 aromatic rings. The maximum atomic E-state index is 13.2. The van der Waals surface area contributed by atoms with E-state index in [1.54, 1.807) is 50.3 Å². The van der Waals surface area contributed by atoms with Crippen molar-refractivity contribution >= 4 is 35.5 Å². The summed E-state index contributed by atoms with van der Waals surface area (Å²) in [5.74, 6) is -0.677. The molecule has 7 nitrogen and oxygen atoms in total. The van der Waals surface area contributed by atoms with E-state index < -0.39 is 11.6 Å². The fraction of sp³-hybridized carbons (Fsp3) is 0.370. The molecule has 2 aromatic carbocycles. The van der Waals surface area contributed by atoms with Crippen LogP contribution < -0.4 is 5.32 Å². The predicted octanol–water partition coefficient (Wildman–Crippen LogP) is 4.06. The van der Waals surface area contributed by atoms with Crippen LogP contribution in [-0.4, -0.2) is 63.8 Å². The van der Waals surface area contributed by atoms with Gasteiger partial charge < -0.3 is 10.2 Å². The number of halogens is 2. The molecule has 2 heterocycles. The van der Waals surface area contributed by atoms with Gasteiger partial charge in [-0.25, -0.2) is 9.18 Å². The van der Waals surface area contributed by atoms with Gasteiger partial charge in [0.2, 0.25) is 5.91 Å². The van der Waals surface area contributed by atoms with Crippen LogP contribution in [0.1, 0.15) is 37.5 Å². The Balaban J connectivity index is 1.41. The standard InChI is InChI=1S/C27H30ClFN4O3/c1-18-15-31(16-19-4-9-23(29)10-5-19)12-13-32(18)24(34)11-7-20-6-8-22(28)14-21(20)17-33-25(35)27(2,3)30-26(33)36/h4-11,14,18H,12-13,15-17H2,1-3H3,(H,30,36). The molecule has 1 atom stereocenters. The van der Waals surface area contributed by atoms with Crippen LogP contribution in [0.2, 0.25) is 5.02 Å². The van der Waals surface area contributed by atoms with Crippen LogP contribution in [-0.2, 0) is 22.7 Å². The first-order chi connectivity index (χ1) is 17.0. The maximum absolute atomic E-state index is 13.2. The number of hydrogen-bond acceptors (Lipinski definition) is 4. The molecule has 36 heavy (non-hydrogen) atoms. The largest absolute Gasteiger partial charge is 0.334 e. The number of urea groups is 1. The molecule has 2 aliphatic heterocycles. The van der Waals surface area contributed by atoms with Gasteiger partial charge in [-0.05, 0) is 67.8 Å². The molecule has 9 heteroatoms. The number of carbonyl (C=O) groups is 3. The van der Waals surface area contributed by atoms with E-state index in [4.69, 9.17) is 11.6 Å². The van der Waals surface area contributed by atoms with Crippen molar-refractivity contribution in [3.05, 3.63) is 76.1 Å². The van der Waals surface area contributed by atoms with E-state index in [-0.39, 0.29) is 30.2 Å². The third kappa shape index (κ3) is 5.77. The smallest absolute Gasteiger partial charge is 0.325 e. The predicted molar refractivity (Wildman–Crippen MR) is 136 cm³/mol. The summed E-state index contributed by atoms with van der Waals surface area (Å²) in [6.07, 6.45) is 3.23. The van der Waals surface area contributed by atoms with Gasteiger partial charge in [0.05, 0.1) is 6.54 Å². The fourth-order valence-electron chi connectivity index (χ4n) is 4.61. The van der Waals surface area contributed by atoms with Gasteiger partial charge >= 0.3 is 6.03 Å². The van der Waals surface area contributed by atoms with Crippen LogP contribution >= 0.6 is 11.6 Å². The van der Waals surface area contributed by atoms with E-state index in [1.165, 1.54) is 18.2 Å². The summed E-state index contributed by atoms with van der Waals surface area (Å²) in [5.41, 5.74) is 1.45. The quantitative estimate of drug-likeness (QED) is 0.468. The van der Waals surface area contributed by atoms with Crippen molar-refractivity contribution in [2.24, 2.45) is 0 Å². The Hall–Kier alpha value is -3.23. The van der Waals surface area contributed by atoms with Crippen LogP contribution in [0.3, 0.4) is 0 Å². The van der Waals surface area contributed by atoms with E-state index in [1.807, 2.05) is 11.8 Å². The van der Waals surface area contributed by atoms with Crippen molar-refractivity contribution in [2.45, 2.75) is 45.4 Å². The zero-order chi connectivity index (χ0) is 26.0. The van der Waals surface area contributed by atoms with Crippen molar-refractivity contribution in [3.8, 4) is 0 Å². The fourth-order valence-corrected chi connectivity index (χ4v) is 4.81. The minimum Gasteiger partial charge on any atom is -0.334 e. The molecular weight excluding hydrogens is 483 g/mol. The first kappa shape index (κ1) is 25.9. The Morgan fingerprint density at radius 3 is 2.50 bits per heavy atom. The molecule has 2 aliphatic rings. The molecule has 2 saturated heterocycles. The van der Waals surface area contributed by atoms with Crippen molar-refractivity contribution in [1.29, 1.82) is 0 Å². The second-order valence-corrected chi connectivity index (χ2v) is 10.3. The van der Waals surface area contributed by atoms with Crippen molar-refractivity contribution in [2.75, 3.05) is 19.6 Å². The molecule has 190 valence electrons. The summed E-state index contributed by atoms with van der Waals surface area (Å²) < 4.78 is 13.2. The van der Waals surface area contributed by atoms with Crippen LogP contribution in [0.5, 0.6) is 0 Å². The molecular formula is C27H30ClFN4O3. The van der Waals surface area contributed by atoms with Gasteiger partial charge in [-0.3, -0.25) is 19.4 Å². The van der Waals surface area contributed by atoms with Gasteiger partial charge in [0.25, 0.3) is 5.91 Å². The zero-order valence-electron chi connectivity index (χ0n) is 20.6. The zero-order valence-corrected chi connectivity index (χ0v) is 21.4. The van der Waals surface area contributed by atoms with Crippen LogP contribution in [0.25, 0.3) is 6.08 Å². The van der Waals surface area contributed by atoms with E-state index >= 15 is 0 Å². The molecule has 0 spiro atoms. The Morgan fingerprint density at radius 1 is 1.14 bits per heavy atom. The number of nitrogens with zero attached hydrogens (tertiary/aromatic N) is 3. The molecule has 4 rings (SSSR count). The Labute approximate surface area is 215 Å². The summed E-state index contributed by atoms with van der Waals surface area (Å²) in [4.78, 5) is 43.2. The summed E-state index contributed by atoms with van der Waals surface area (Å²) in [7, 11) is 0. The Morgan fingerprint density at radius 2 is 1.86 bits per heavy atom. The number of rotatable bonds is 6. The monoisotopic (exact) mass is 512 g/mol. The second kappa shape index (κ2) is 10.4. The molecule has 0 bridgehead atoms. The SMILES string of the molecule is CC1CN(Cc2ccc(F)cc2)CCN1C(=O)C=Cc1ccc(Cl)cc1CN1C(=O)NC(C)(C)C1=O. The third-order valence-corrected chi connectivity index (χ3v) is 6.83. The van der Waals surface area contributed by atoms with Gasteiger partial charge in [0.15, 0.2) is 0 Å². The van der Waals surface area contributed by atoms with Gasteiger partial charge in [0, 0.05) is 43.3 Å². The highest BCUT2D eigenvalue weighted by atomic mass is 35.5. The summed E-state index contributed by atoms with van der Waals surface area (Å²) in [5, 5.41) is 3.15. The Bertz CT molecular complexity index is 1200. The van der Waals surface area contributed by atoms with Crippen molar-refractivity contribution in [1.82, 2.24) is 20.0 Å². The van der Waals surface area contributed by atoms with E-state index in [0.29, 0.717) is 35.8 Å². The average Bonchev–Trinajstić information content (AvgIpc) is 3.01. The molecule has 2 fully saturated rings. The number of nitrogens with one attached hydrogen (secondary N) is 1. The number of carbonyl (C=O) groups excluding carboxylic acids is 3. The topological polar surface area (TPSA) is 73.0 Å². The lowest BCUT2D eigenvalue weighted by molar-refractivity contribution is -0.131. The number of benzene rings is 2. The highest BCUT2D eigenvalue weighted by molar-refractivity contribution is 6.30. The number of piperazine rings is 1. The number of imide groups is 1. The van der Waals surface area contributed by atoms with Gasteiger partial charge in [-0.1, -0.05) is 29.8 Å². The number of hydrogen-bond donors (Lipinski definition) is 1. The molecule has 1 unspecified atom stereocenters. The lowest BCUT2D eigenvalue weighted by Crippen LogP contribution is -2.53. The molecule has 0 saturated carbocycles. The molecule has 0 aromatic heterocycles. The summed E-state index contributed by atoms with van der Waals surface area (Å²) in [6, 6.07) is 11.2.